The van der Waals surface area contributed by atoms with Gasteiger partial charge in [-0.05, 0) is 54.0 Å². The summed E-state index contributed by atoms with van der Waals surface area (Å²) >= 11 is 4.55. The molecule has 2 rings (SSSR count). The van der Waals surface area contributed by atoms with E-state index in [0.717, 1.165) is 12.1 Å². The topological polar surface area (TPSA) is 25.2 Å². The van der Waals surface area contributed by atoms with Gasteiger partial charge in [0, 0.05) is 12.4 Å². The predicted octanol–water partition coefficient (Wildman–Crippen LogP) is 3.41. The number of benzene rings is 1. The Morgan fingerprint density at radius 2 is 1.62 bits per heavy atom. The Balaban J connectivity index is 2.14. The molecule has 1 heterocycles. The molecule has 0 spiro atoms. The van der Waals surface area contributed by atoms with Gasteiger partial charge in [0.25, 0.3) is 0 Å². The van der Waals surface area contributed by atoms with Crippen molar-refractivity contribution >= 4 is 23.1 Å². The molecule has 0 fully saturated rings. The first-order chi connectivity index (χ1) is 7.88. The maximum Gasteiger partial charge on any atom is 0.0739 e. The molecule has 0 bridgehead atoms. The highest BCUT2D eigenvalue weighted by Crippen LogP contribution is 2.14. The summed E-state index contributed by atoms with van der Waals surface area (Å²) in [6.45, 7) is 0. The van der Waals surface area contributed by atoms with Crippen LogP contribution in [0.1, 0.15) is 11.1 Å². The Labute approximate surface area is 99.7 Å². The van der Waals surface area contributed by atoms with Gasteiger partial charge in [0.1, 0.15) is 0 Å². The lowest BCUT2D eigenvalue weighted by Gasteiger charge is -2.01. The molecule has 0 unspecified atom stereocenters. The Hall–Kier alpha value is -1.83. The fraction of sp³-hybridized carbons (Fsp3) is 0.0769. The first-order valence-electron chi connectivity index (χ1n) is 4.94. The van der Waals surface area contributed by atoms with E-state index >= 15 is 0 Å². The van der Waals surface area contributed by atoms with E-state index < -0.39 is 0 Å². The van der Waals surface area contributed by atoms with Crippen LogP contribution >= 0.6 is 12.2 Å². The molecule has 0 N–H and O–H groups in total. The molecule has 16 heavy (non-hydrogen) atoms. The summed E-state index contributed by atoms with van der Waals surface area (Å²) in [7, 11) is 0. The van der Waals surface area contributed by atoms with Crippen LogP contribution in [0.15, 0.2) is 53.8 Å². The standard InChI is InChI=1S/C13H10N2S/c16-10-15-13-3-1-11(2-4-13)9-12-5-7-14-8-6-12/h1-8H,9H2. The molecule has 0 amide bonds. The van der Waals surface area contributed by atoms with Crippen molar-refractivity contribution in [2.24, 2.45) is 4.99 Å². The highest BCUT2D eigenvalue weighted by atomic mass is 32.1. The van der Waals surface area contributed by atoms with E-state index in [1.807, 2.05) is 36.4 Å². The van der Waals surface area contributed by atoms with Gasteiger partial charge in [-0.3, -0.25) is 4.98 Å². The average molecular weight is 226 g/mol. The van der Waals surface area contributed by atoms with Crippen LogP contribution in [-0.4, -0.2) is 10.1 Å². The molecule has 0 aliphatic carbocycles. The second kappa shape index (κ2) is 5.31. The summed E-state index contributed by atoms with van der Waals surface area (Å²) in [4.78, 5) is 7.90. The molecule has 0 aliphatic heterocycles. The summed E-state index contributed by atoms with van der Waals surface area (Å²) in [6.07, 6.45) is 4.52. The zero-order chi connectivity index (χ0) is 11.2. The lowest BCUT2D eigenvalue weighted by molar-refractivity contribution is 1.16. The molecule has 0 saturated carbocycles. The van der Waals surface area contributed by atoms with Crippen LogP contribution in [0.3, 0.4) is 0 Å². The second-order valence-corrected chi connectivity index (χ2v) is 3.58. The molecular weight excluding hydrogens is 216 g/mol. The smallest absolute Gasteiger partial charge is 0.0739 e. The van der Waals surface area contributed by atoms with Gasteiger partial charge in [-0.15, -0.1) is 0 Å². The van der Waals surface area contributed by atoms with Crippen molar-refractivity contribution in [3.8, 4) is 0 Å². The van der Waals surface area contributed by atoms with E-state index in [4.69, 9.17) is 0 Å². The Morgan fingerprint density at radius 1 is 1.00 bits per heavy atom. The first-order valence-corrected chi connectivity index (χ1v) is 5.35. The summed E-state index contributed by atoms with van der Waals surface area (Å²) in [6, 6.07) is 12.0. The van der Waals surface area contributed by atoms with E-state index in [1.165, 1.54) is 11.1 Å². The number of thiocarbonyl (C=S) groups is 1. The third-order valence-electron chi connectivity index (χ3n) is 2.27. The fourth-order valence-corrected chi connectivity index (χ4v) is 1.58. The molecule has 3 heteroatoms. The summed E-state index contributed by atoms with van der Waals surface area (Å²) in [5.41, 5.74) is 3.34. The number of hydrogen-bond donors (Lipinski definition) is 0. The minimum atomic E-state index is 0.841. The monoisotopic (exact) mass is 226 g/mol. The zero-order valence-corrected chi connectivity index (χ0v) is 9.45. The summed E-state index contributed by atoms with van der Waals surface area (Å²) in [5.74, 6) is 0. The molecule has 0 saturated heterocycles. The number of aromatic nitrogens is 1. The molecule has 1 aromatic carbocycles. The van der Waals surface area contributed by atoms with Crippen molar-refractivity contribution in [2.75, 3.05) is 0 Å². The SMILES string of the molecule is S=C=Nc1ccc(Cc2ccncc2)cc1. The van der Waals surface area contributed by atoms with Crippen LogP contribution < -0.4 is 0 Å². The molecule has 2 nitrogen and oxygen atoms in total. The number of hydrogen-bond acceptors (Lipinski definition) is 3. The third kappa shape index (κ3) is 2.83. The Morgan fingerprint density at radius 3 is 2.25 bits per heavy atom. The van der Waals surface area contributed by atoms with E-state index in [2.05, 4.69) is 27.4 Å². The fourth-order valence-electron chi connectivity index (χ4n) is 1.48. The van der Waals surface area contributed by atoms with Crippen LogP contribution in [0.5, 0.6) is 0 Å². The van der Waals surface area contributed by atoms with Gasteiger partial charge < -0.3 is 0 Å². The van der Waals surface area contributed by atoms with Gasteiger partial charge in [-0.1, -0.05) is 12.1 Å². The largest absolute Gasteiger partial charge is 0.265 e. The molecule has 2 aromatic rings. The van der Waals surface area contributed by atoms with E-state index in [9.17, 15) is 0 Å². The van der Waals surface area contributed by atoms with Crippen molar-refractivity contribution in [1.82, 2.24) is 4.98 Å². The number of aliphatic imine (C=N–C) groups is 1. The van der Waals surface area contributed by atoms with Gasteiger partial charge >= 0.3 is 0 Å². The molecular formula is C13H10N2S. The third-order valence-corrected chi connectivity index (χ3v) is 2.36. The molecule has 1 aromatic heterocycles. The van der Waals surface area contributed by atoms with Crippen LogP contribution in [0.25, 0.3) is 0 Å². The lowest BCUT2D eigenvalue weighted by atomic mass is 10.1. The van der Waals surface area contributed by atoms with Crippen LogP contribution in [0, 0.1) is 0 Å². The average Bonchev–Trinajstić information content (AvgIpc) is 2.33. The normalized spacial score (nSPS) is 9.50. The quantitative estimate of drug-likeness (QED) is 0.592. The molecule has 0 radical (unpaired) electrons. The number of rotatable bonds is 3. The van der Waals surface area contributed by atoms with E-state index in [-0.39, 0.29) is 0 Å². The molecule has 0 atom stereocenters. The van der Waals surface area contributed by atoms with Crippen molar-refractivity contribution in [3.05, 3.63) is 59.9 Å². The van der Waals surface area contributed by atoms with Crippen molar-refractivity contribution in [2.45, 2.75) is 6.42 Å². The highest BCUT2D eigenvalue weighted by Gasteiger charge is 1.95. The van der Waals surface area contributed by atoms with Crippen molar-refractivity contribution in [3.63, 3.8) is 0 Å². The minimum absolute atomic E-state index is 0.841. The van der Waals surface area contributed by atoms with Crippen LogP contribution in [-0.2, 0) is 6.42 Å². The van der Waals surface area contributed by atoms with Crippen molar-refractivity contribution < 1.29 is 0 Å². The Bertz CT molecular complexity index is 499. The van der Waals surface area contributed by atoms with Crippen LogP contribution in [0.2, 0.25) is 0 Å². The molecule has 78 valence electrons. The lowest BCUT2D eigenvalue weighted by Crippen LogP contribution is -1.87. The summed E-state index contributed by atoms with van der Waals surface area (Å²) < 4.78 is 0. The first kappa shape index (κ1) is 10.7. The van der Waals surface area contributed by atoms with Gasteiger partial charge in [0.05, 0.1) is 10.8 Å². The maximum absolute atomic E-state index is 4.55. The van der Waals surface area contributed by atoms with Crippen molar-refractivity contribution in [1.29, 1.82) is 0 Å². The van der Waals surface area contributed by atoms with Gasteiger partial charge in [-0.2, -0.15) is 4.99 Å². The van der Waals surface area contributed by atoms with Crippen LogP contribution in [0.4, 0.5) is 5.69 Å². The number of nitrogens with zero attached hydrogens (tertiary/aromatic N) is 2. The van der Waals surface area contributed by atoms with Gasteiger partial charge in [0.15, 0.2) is 0 Å². The Kier molecular flexibility index (Phi) is 3.54. The van der Waals surface area contributed by atoms with Gasteiger partial charge in [0.2, 0.25) is 0 Å². The zero-order valence-electron chi connectivity index (χ0n) is 8.63. The van der Waals surface area contributed by atoms with E-state index in [1.54, 1.807) is 12.4 Å². The number of pyridine rings is 1. The minimum Gasteiger partial charge on any atom is -0.265 e. The van der Waals surface area contributed by atoms with Gasteiger partial charge in [-0.25, -0.2) is 0 Å². The second-order valence-electron chi connectivity index (χ2n) is 3.40. The molecule has 0 aliphatic rings. The maximum atomic E-state index is 4.55. The summed E-state index contributed by atoms with van der Waals surface area (Å²) in [5, 5.41) is 2.35. The highest BCUT2D eigenvalue weighted by molar-refractivity contribution is 7.78. The van der Waals surface area contributed by atoms with E-state index in [0.29, 0.717) is 0 Å². The number of isothiocyanates is 1. The predicted molar refractivity (Wildman–Crippen MR) is 68.2 cm³/mol.